The van der Waals surface area contributed by atoms with Gasteiger partial charge in [-0.15, -0.1) is 0 Å². The molecule has 0 aromatic carbocycles. The molecule has 0 atom stereocenters. The van der Waals surface area contributed by atoms with E-state index in [1.165, 1.54) is 0 Å². The van der Waals surface area contributed by atoms with Crippen molar-refractivity contribution in [1.82, 2.24) is 4.84 Å². The quantitative estimate of drug-likeness (QED) is 0.403. The molecule has 0 saturated heterocycles. The monoisotopic (exact) mass is 167 g/mol. The summed E-state index contributed by atoms with van der Waals surface area (Å²) < 4.78 is 0. The molecule has 0 unspecified atom stereocenters. The summed E-state index contributed by atoms with van der Waals surface area (Å²) in [5.41, 5.74) is 0. The molecule has 0 saturated carbocycles. The smallest absolute Gasteiger partial charge is 0.0402 e. The van der Waals surface area contributed by atoms with Gasteiger partial charge in [0.2, 0.25) is 0 Å². The summed E-state index contributed by atoms with van der Waals surface area (Å²) >= 11 is 4.75. The maximum Gasteiger partial charge on any atom is 0.0402 e. The van der Waals surface area contributed by atoms with Crippen molar-refractivity contribution in [2.45, 2.75) is 6.92 Å². The van der Waals surface area contributed by atoms with Crippen molar-refractivity contribution < 1.29 is 22.2 Å². The molecule has 0 bridgehead atoms. The Kier molecular flexibility index (Phi) is 66.3. The average molecular weight is 167 g/mol. The summed E-state index contributed by atoms with van der Waals surface area (Å²) in [5, 5.41) is 7.57. The first kappa shape index (κ1) is 15.6. The van der Waals surface area contributed by atoms with Crippen LogP contribution < -0.4 is 4.84 Å². The van der Waals surface area contributed by atoms with Gasteiger partial charge in [0.15, 0.2) is 0 Å². The molecule has 0 aliphatic heterocycles. The average Bonchev–Trinajstić information content (AvgIpc) is 1.39. The van der Waals surface area contributed by atoms with Crippen LogP contribution in [-0.2, 0) is 17.1 Å². The number of aliphatic hydroxyl groups excluding tert-OH is 1. The fraction of sp³-hybridized carbons (Fsp3) is 1.00. The van der Waals surface area contributed by atoms with E-state index in [1.807, 2.05) is 0 Å². The summed E-state index contributed by atoms with van der Waals surface area (Å²) in [5.74, 6) is 0. The van der Waals surface area contributed by atoms with Crippen LogP contribution in [0.3, 0.4) is 0 Å². The topological polar surface area (TPSA) is 32.3 Å². The van der Waals surface area contributed by atoms with Crippen LogP contribution in [0.25, 0.3) is 0 Å². The van der Waals surface area contributed by atoms with E-state index < -0.39 is 0 Å². The predicted octanol–water partition coefficient (Wildman–Crippen LogP) is 0.356. The molecule has 0 aliphatic rings. The van der Waals surface area contributed by atoms with Gasteiger partial charge in [0.25, 0.3) is 0 Å². The van der Waals surface area contributed by atoms with Gasteiger partial charge in [-0.3, -0.25) is 0 Å². The van der Waals surface area contributed by atoms with Crippen LogP contribution in [0, 0.1) is 0 Å². The van der Waals surface area contributed by atoms with E-state index in [0.717, 1.165) is 0 Å². The zero-order chi connectivity index (χ0) is 5.41. The number of aliphatic hydroxyl groups is 1. The van der Waals surface area contributed by atoms with Crippen molar-refractivity contribution in [2.75, 3.05) is 13.7 Å². The SMILES string of the molecule is CCO.CNCl.[Fe]. The fourth-order valence-electron chi connectivity index (χ4n) is 0. The number of hydrogen-bond acceptors (Lipinski definition) is 2. The predicted molar refractivity (Wildman–Crippen MR) is 27.7 cm³/mol. The maximum atomic E-state index is 7.57. The van der Waals surface area contributed by atoms with E-state index in [1.54, 1.807) is 14.0 Å². The van der Waals surface area contributed by atoms with Crippen LogP contribution in [-0.4, -0.2) is 18.8 Å². The normalized spacial score (nSPS) is 5.14. The van der Waals surface area contributed by atoms with Crippen molar-refractivity contribution >= 4 is 11.8 Å². The summed E-state index contributed by atoms with van der Waals surface area (Å²) in [7, 11) is 1.64. The van der Waals surface area contributed by atoms with Crippen LogP contribution in [0.4, 0.5) is 0 Å². The minimum atomic E-state index is 0. The standard InChI is InChI=1S/C2H6O.CH4ClN.Fe/c1-2-3;1-3-2;/h3H,2H2,1H3;3H,1H3;. The van der Waals surface area contributed by atoms with E-state index in [0.29, 0.717) is 0 Å². The molecule has 0 aromatic heterocycles. The Morgan fingerprint density at radius 2 is 1.71 bits per heavy atom. The van der Waals surface area contributed by atoms with Gasteiger partial charge in [-0.25, -0.2) is 4.84 Å². The summed E-state index contributed by atoms with van der Waals surface area (Å²) in [6, 6.07) is 0. The second kappa shape index (κ2) is 29.7. The largest absolute Gasteiger partial charge is 0.397 e. The summed E-state index contributed by atoms with van der Waals surface area (Å²) in [6.07, 6.45) is 0. The van der Waals surface area contributed by atoms with Gasteiger partial charge in [0, 0.05) is 23.7 Å². The molecule has 0 amide bonds. The molecule has 0 spiro atoms. The van der Waals surface area contributed by atoms with Crippen LogP contribution in [0.5, 0.6) is 0 Å². The number of rotatable bonds is 0. The van der Waals surface area contributed by atoms with Crippen molar-refractivity contribution in [2.24, 2.45) is 0 Å². The van der Waals surface area contributed by atoms with Crippen molar-refractivity contribution in [1.29, 1.82) is 0 Å². The Balaban J connectivity index is -0.0000000400. The molecule has 2 N–H and O–H groups in total. The minimum Gasteiger partial charge on any atom is -0.397 e. The Morgan fingerprint density at radius 3 is 1.71 bits per heavy atom. The number of halogens is 1. The molecule has 0 rings (SSSR count). The Hall–Kier alpha value is 0.729. The first-order valence-electron chi connectivity index (χ1n) is 1.71. The van der Waals surface area contributed by atoms with E-state index in [2.05, 4.69) is 4.84 Å². The molecule has 7 heavy (non-hydrogen) atoms. The molecular weight excluding hydrogens is 157 g/mol. The zero-order valence-electron chi connectivity index (χ0n) is 4.39. The van der Waals surface area contributed by atoms with Crippen molar-refractivity contribution in [3.05, 3.63) is 0 Å². The van der Waals surface area contributed by atoms with E-state index >= 15 is 0 Å². The van der Waals surface area contributed by atoms with Gasteiger partial charge in [-0.1, -0.05) is 0 Å². The van der Waals surface area contributed by atoms with Crippen molar-refractivity contribution in [3.8, 4) is 0 Å². The second-order valence-electron chi connectivity index (χ2n) is 0.505. The van der Waals surface area contributed by atoms with Gasteiger partial charge in [-0.05, 0) is 25.7 Å². The Morgan fingerprint density at radius 1 is 1.71 bits per heavy atom. The van der Waals surface area contributed by atoms with Crippen molar-refractivity contribution in [3.63, 3.8) is 0 Å². The molecular formula is C3H10ClFeNO. The molecule has 0 aromatic rings. The number of hydrogen-bond donors (Lipinski definition) is 2. The van der Waals surface area contributed by atoms with Gasteiger partial charge in [0.05, 0.1) is 0 Å². The minimum absolute atomic E-state index is 0. The molecule has 0 radical (unpaired) electrons. The molecule has 0 fully saturated rings. The first-order valence-corrected chi connectivity index (χ1v) is 2.09. The van der Waals surface area contributed by atoms with Gasteiger partial charge < -0.3 is 5.11 Å². The van der Waals surface area contributed by atoms with E-state index in [-0.39, 0.29) is 23.7 Å². The third-order valence-corrected chi connectivity index (χ3v) is 0. The first-order chi connectivity index (χ1) is 2.83. The molecule has 0 heterocycles. The van der Waals surface area contributed by atoms with Gasteiger partial charge in [0.1, 0.15) is 0 Å². The van der Waals surface area contributed by atoms with Crippen LogP contribution in [0.15, 0.2) is 0 Å². The van der Waals surface area contributed by atoms with Crippen LogP contribution >= 0.6 is 11.8 Å². The fourth-order valence-corrected chi connectivity index (χ4v) is 0. The second-order valence-corrected chi connectivity index (χ2v) is 0.883. The van der Waals surface area contributed by atoms with Crippen LogP contribution in [0.2, 0.25) is 0 Å². The van der Waals surface area contributed by atoms with Gasteiger partial charge >= 0.3 is 0 Å². The maximum absolute atomic E-state index is 7.57. The van der Waals surface area contributed by atoms with Gasteiger partial charge in [-0.2, -0.15) is 0 Å². The Labute approximate surface area is 59.8 Å². The third-order valence-electron chi connectivity index (χ3n) is 0. The summed E-state index contributed by atoms with van der Waals surface area (Å²) in [4.78, 5) is 2.22. The molecule has 4 heteroatoms. The molecule has 48 valence electrons. The third kappa shape index (κ3) is 283. The van der Waals surface area contributed by atoms with E-state index in [9.17, 15) is 0 Å². The molecule has 2 nitrogen and oxygen atoms in total. The van der Waals surface area contributed by atoms with E-state index in [4.69, 9.17) is 16.9 Å². The zero-order valence-corrected chi connectivity index (χ0v) is 6.25. The van der Waals surface area contributed by atoms with Crippen LogP contribution in [0.1, 0.15) is 6.92 Å². The molecule has 0 aliphatic carbocycles. The Bertz CT molecular complexity index is 16.9. The number of nitrogens with one attached hydrogen (secondary N) is 1. The summed E-state index contributed by atoms with van der Waals surface area (Å²) in [6.45, 7) is 1.93.